The quantitative estimate of drug-likeness (QED) is 0.110. The van der Waals surface area contributed by atoms with Crippen molar-refractivity contribution >= 4 is 29.1 Å². The second-order valence-electron chi connectivity index (χ2n) is 5.81. The SMILES string of the molecule is C=CCN=C([S-])[C@@H](C(=O)c1ccc(C)c([N+](=O)[O-])c1)[n+]1cccc(CO)c1. The predicted octanol–water partition coefficient (Wildman–Crippen LogP) is 2.24. The third-order valence-corrected chi connectivity index (χ3v) is 4.27. The Balaban J connectivity index is 2.56. The van der Waals surface area contributed by atoms with Crippen LogP contribution in [-0.2, 0) is 19.2 Å². The van der Waals surface area contributed by atoms with E-state index in [1.54, 1.807) is 42.1 Å². The van der Waals surface area contributed by atoms with Crippen LogP contribution < -0.4 is 4.57 Å². The normalized spacial score (nSPS) is 12.4. The summed E-state index contributed by atoms with van der Waals surface area (Å²) in [5.74, 6) is -0.420. The van der Waals surface area contributed by atoms with E-state index >= 15 is 0 Å². The van der Waals surface area contributed by atoms with E-state index in [1.807, 2.05) is 0 Å². The van der Waals surface area contributed by atoms with Gasteiger partial charge >= 0.3 is 0 Å². The standard InChI is InChI=1S/C19H19N3O4S/c1-3-8-20-19(27)17(21-9-4-5-14(11-21)12-23)18(24)15-7-6-13(2)16(10-15)22(25)26/h3-7,9-11,17,23H,1,8,12H2,2H3/t17-/m1/s1. The van der Waals surface area contributed by atoms with Crippen LogP contribution in [-0.4, -0.2) is 27.4 Å². The number of aliphatic imine (C=N–C) groups is 1. The lowest BCUT2D eigenvalue weighted by molar-refractivity contribution is -0.692. The Morgan fingerprint density at radius 2 is 2.22 bits per heavy atom. The van der Waals surface area contributed by atoms with Gasteiger partial charge in [-0.25, -0.2) is 0 Å². The van der Waals surface area contributed by atoms with E-state index in [9.17, 15) is 20.0 Å². The van der Waals surface area contributed by atoms with Crippen LogP contribution in [0, 0.1) is 17.0 Å². The van der Waals surface area contributed by atoms with Crippen molar-refractivity contribution in [3.63, 3.8) is 0 Å². The molecule has 0 radical (unpaired) electrons. The first-order valence-corrected chi connectivity index (χ1v) is 8.52. The maximum Gasteiger partial charge on any atom is 0.273 e. The van der Waals surface area contributed by atoms with Gasteiger partial charge in [-0.15, -0.1) is 6.58 Å². The number of ketones is 1. The topological polar surface area (TPSA) is 96.7 Å². The molecule has 1 atom stereocenters. The number of carbonyl (C=O) groups is 1. The van der Waals surface area contributed by atoms with Crippen molar-refractivity contribution in [2.24, 2.45) is 4.99 Å². The molecule has 2 rings (SSSR count). The Kier molecular flexibility index (Phi) is 6.86. The van der Waals surface area contributed by atoms with Gasteiger partial charge in [-0.1, -0.05) is 18.2 Å². The van der Waals surface area contributed by atoms with E-state index < -0.39 is 16.7 Å². The number of aliphatic hydroxyl groups excluding tert-OH is 1. The van der Waals surface area contributed by atoms with Crippen LogP contribution >= 0.6 is 0 Å². The van der Waals surface area contributed by atoms with Gasteiger partial charge in [-0.3, -0.25) is 14.9 Å². The third kappa shape index (κ3) is 4.81. The van der Waals surface area contributed by atoms with Gasteiger partial charge in [0.2, 0.25) is 11.8 Å². The smallest absolute Gasteiger partial charge is 0.273 e. The average molecular weight is 385 g/mol. The molecule has 0 aliphatic rings. The molecule has 1 aromatic carbocycles. The molecular weight excluding hydrogens is 366 g/mol. The summed E-state index contributed by atoms with van der Waals surface area (Å²) in [7, 11) is 0. The third-order valence-electron chi connectivity index (χ3n) is 3.91. The molecule has 0 saturated heterocycles. The molecule has 0 amide bonds. The lowest BCUT2D eigenvalue weighted by atomic mass is 10.0. The maximum atomic E-state index is 13.2. The number of pyridine rings is 1. The van der Waals surface area contributed by atoms with Crippen LogP contribution in [0.2, 0.25) is 0 Å². The summed E-state index contributed by atoms with van der Waals surface area (Å²) in [6.45, 7) is 5.23. The number of nitro benzene ring substituents is 1. The number of aryl methyl sites for hydroxylation is 1. The zero-order valence-corrected chi connectivity index (χ0v) is 15.6. The molecule has 27 heavy (non-hydrogen) atoms. The zero-order valence-electron chi connectivity index (χ0n) is 14.7. The average Bonchev–Trinajstić information content (AvgIpc) is 2.66. The van der Waals surface area contributed by atoms with Crippen LogP contribution in [0.5, 0.6) is 0 Å². The van der Waals surface area contributed by atoms with E-state index in [4.69, 9.17) is 12.6 Å². The fourth-order valence-electron chi connectivity index (χ4n) is 2.53. The van der Waals surface area contributed by atoms with Gasteiger partial charge in [0.15, 0.2) is 12.4 Å². The molecule has 0 saturated carbocycles. The Morgan fingerprint density at radius 3 is 2.85 bits per heavy atom. The van der Waals surface area contributed by atoms with Crippen molar-refractivity contribution in [2.45, 2.75) is 19.6 Å². The molecule has 0 fully saturated rings. The van der Waals surface area contributed by atoms with Crippen LogP contribution in [0.15, 0.2) is 60.4 Å². The fraction of sp³-hybridized carbons (Fsp3) is 0.211. The lowest BCUT2D eigenvalue weighted by Crippen LogP contribution is -2.48. The Hall–Kier alpha value is -2.97. The molecule has 8 heteroatoms. The number of Topliss-reactive ketones (excluding diaryl/α,β-unsaturated/α-hetero) is 1. The largest absolute Gasteiger partial charge is 0.758 e. The number of aliphatic hydroxyl groups is 1. The Labute approximate surface area is 162 Å². The van der Waals surface area contributed by atoms with Gasteiger partial charge in [0, 0.05) is 28.8 Å². The van der Waals surface area contributed by atoms with Crippen LogP contribution in [0.4, 0.5) is 5.69 Å². The number of hydrogen-bond acceptors (Lipinski definition) is 6. The van der Waals surface area contributed by atoms with Gasteiger partial charge in [0.1, 0.15) is 0 Å². The van der Waals surface area contributed by atoms with Gasteiger partial charge < -0.3 is 22.7 Å². The highest BCUT2D eigenvalue weighted by molar-refractivity contribution is 7.77. The van der Waals surface area contributed by atoms with Crippen molar-refractivity contribution in [2.75, 3.05) is 6.54 Å². The molecule has 7 nitrogen and oxygen atoms in total. The Morgan fingerprint density at radius 1 is 1.48 bits per heavy atom. The number of nitro groups is 1. The van der Waals surface area contributed by atoms with Crippen molar-refractivity contribution in [3.05, 3.63) is 82.2 Å². The van der Waals surface area contributed by atoms with E-state index in [2.05, 4.69) is 11.6 Å². The molecule has 0 bridgehead atoms. The van der Waals surface area contributed by atoms with Crippen molar-refractivity contribution < 1.29 is 19.4 Å². The summed E-state index contributed by atoms with van der Waals surface area (Å²) in [4.78, 5) is 28.0. The minimum atomic E-state index is -0.964. The van der Waals surface area contributed by atoms with Gasteiger partial charge in [-0.2, -0.15) is 4.57 Å². The van der Waals surface area contributed by atoms with Gasteiger partial charge in [0.05, 0.1) is 18.1 Å². The van der Waals surface area contributed by atoms with Crippen LogP contribution in [0.25, 0.3) is 0 Å². The highest BCUT2D eigenvalue weighted by Gasteiger charge is 2.30. The second kappa shape index (κ2) is 9.11. The van der Waals surface area contributed by atoms with Crippen molar-refractivity contribution in [1.29, 1.82) is 0 Å². The predicted molar refractivity (Wildman–Crippen MR) is 104 cm³/mol. The summed E-state index contributed by atoms with van der Waals surface area (Å²) in [5.41, 5.74) is 1.08. The van der Waals surface area contributed by atoms with E-state index in [0.717, 1.165) is 0 Å². The van der Waals surface area contributed by atoms with Gasteiger partial charge in [-0.05, 0) is 18.0 Å². The minimum absolute atomic E-state index is 0.128. The first-order valence-electron chi connectivity index (χ1n) is 8.11. The van der Waals surface area contributed by atoms with Crippen molar-refractivity contribution in [3.8, 4) is 0 Å². The Bertz CT molecular complexity index is 912. The number of aromatic nitrogens is 1. The molecule has 2 aromatic rings. The first kappa shape index (κ1) is 20.3. The summed E-state index contributed by atoms with van der Waals surface area (Å²) in [6.07, 6.45) is 4.79. The first-order chi connectivity index (χ1) is 12.9. The maximum absolute atomic E-state index is 13.2. The summed E-state index contributed by atoms with van der Waals surface area (Å²) >= 11 is 5.34. The molecule has 140 valence electrons. The summed E-state index contributed by atoms with van der Waals surface area (Å²) < 4.78 is 1.55. The summed E-state index contributed by atoms with van der Waals surface area (Å²) in [6, 6.07) is 6.73. The number of benzene rings is 1. The molecule has 0 aliphatic heterocycles. The molecule has 1 aromatic heterocycles. The monoisotopic (exact) mass is 385 g/mol. The van der Waals surface area contributed by atoms with Gasteiger partial charge in [0.25, 0.3) is 5.69 Å². The number of hydrogen-bond donors (Lipinski definition) is 1. The van der Waals surface area contributed by atoms with Crippen molar-refractivity contribution in [1.82, 2.24) is 0 Å². The highest BCUT2D eigenvalue weighted by atomic mass is 32.1. The minimum Gasteiger partial charge on any atom is -0.758 e. The molecule has 1 heterocycles. The number of nitrogens with zero attached hydrogens (tertiary/aromatic N) is 3. The number of rotatable bonds is 8. The molecule has 1 N–H and O–H groups in total. The number of carbonyl (C=O) groups excluding carboxylic acids is 1. The molecule has 0 unspecified atom stereocenters. The van der Waals surface area contributed by atoms with E-state index in [1.165, 1.54) is 18.2 Å². The summed E-state index contributed by atoms with van der Waals surface area (Å²) in [5, 5.41) is 20.7. The fourth-order valence-corrected chi connectivity index (χ4v) is 2.83. The lowest BCUT2D eigenvalue weighted by Gasteiger charge is -2.19. The highest BCUT2D eigenvalue weighted by Crippen LogP contribution is 2.22. The van der Waals surface area contributed by atoms with Crippen LogP contribution in [0.1, 0.15) is 27.5 Å². The van der Waals surface area contributed by atoms with Crippen LogP contribution in [0.3, 0.4) is 0 Å². The van der Waals surface area contributed by atoms with E-state index in [-0.39, 0.29) is 29.4 Å². The zero-order chi connectivity index (χ0) is 20.0. The molecule has 0 aliphatic carbocycles. The molecular formula is C19H19N3O4S. The van der Waals surface area contributed by atoms with E-state index in [0.29, 0.717) is 11.1 Å². The second-order valence-corrected chi connectivity index (χ2v) is 6.23. The molecule has 0 spiro atoms.